The van der Waals surface area contributed by atoms with Crippen molar-refractivity contribution < 1.29 is 23.6 Å². The number of hydrogen-bond acceptors (Lipinski definition) is 6. The normalized spacial score (nSPS) is 12.8. The number of halogens is 4. The van der Waals surface area contributed by atoms with Gasteiger partial charge in [-0.2, -0.15) is 0 Å². The Morgan fingerprint density at radius 1 is 0.896 bits per heavy atom. The van der Waals surface area contributed by atoms with Gasteiger partial charge in [-0.15, -0.1) is 0 Å². The molecule has 4 aromatic rings. The van der Waals surface area contributed by atoms with Gasteiger partial charge in [0.05, 0.1) is 10.0 Å². The second-order valence-electron chi connectivity index (χ2n) is 12.3. The summed E-state index contributed by atoms with van der Waals surface area (Å²) in [4.78, 5) is 40.0. The van der Waals surface area contributed by atoms with Crippen LogP contribution in [0.25, 0.3) is 22.6 Å². The Kier molecular flexibility index (Phi) is 12.4. The molecule has 3 amide bonds. The summed E-state index contributed by atoms with van der Waals surface area (Å²) in [5.41, 5.74) is 1.80. The molecular formula is C35H36Cl4N4O5. The van der Waals surface area contributed by atoms with Gasteiger partial charge < -0.3 is 24.8 Å². The van der Waals surface area contributed by atoms with E-state index in [-0.39, 0.29) is 12.5 Å². The van der Waals surface area contributed by atoms with E-state index in [0.717, 1.165) is 0 Å². The predicted molar refractivity (Wildman–Crippen MR) is 191 cm³/mol. The first-order valence-corrected chi connectivity index (χ1v) is 16.7. The number of benzene rings is 3. The lowest BCUT2D eigenvalue weighted by Gasteiger charge is -2.32. The number of rotatable bonds is 11. The SMILES string of the molecule is CC(C)[C@@H](CN(C(=O)C(Cl)Cl)c1cccc(-c2cc(-c3c(Cl)cccc3Cl)no2)c1)NC(=O)[C@@H](NC(=O)OC(C)(C)C)c1ccccc1. The summed E-state index contributed by atoms with van der Waals surface area (Å²) in [5, 5.41) is 10.7. The Balaban J connectivity index is 1.62. The zero-order valence-electron chi connectivity index (χ0n) is 27.0. The van der Waals surface area contributed by atoms with Gasteiger partial charge in [-0.1, -0.05) is 114 Å². The Morgan fingerprint density at radius 3 is 2.15 bits per heavy atom. The lowest BCUT2D eigenvalue weighted by molar-refractivity contribution is -0.124. The summed E-state index contributed by atoms with van der Waals surface area (Å²) in [6, 6.07) is 20.9. The van der Waals surface area contributed by atoms with E-state index in [1.54, 1.807) is 99.6 Å². The third-order valence-corrected chi connectivity index (χ3v) is 8.20. The molecule has 0 bridgehead atoms. The minimum atomic E-state index is -1.39. The van der Waals surface area contributed by atoms with E-state index in [0.29, 0.717) is 43.9 Å². The summed E-state index contributed by atoms with van der Waals surface area (Å²) in [5.74, 6) is -0.849. The van der Waals surface area contributed by atoms with Gasteiger partial charge in [0, 0.05) is 35.5 Å². The van der Waals surface area contributed by atoms with E-state index in [1.165, 1.54) is 4.90 Å². The molecule has 0 fully saturated rings. The molecule has 254 valence electrons. The van der Waals surface area contributed by atoms with Crippen molar-refractivity contribution in [3.63, 3.8) is 0 Å². The van der Waals surface area contributed by atoms with Crippen molar-refractivity contribution in [3.05, 3.63) is 94.5 Å². The van der Waals surface area contributed by atoms with Gasteiger partial charge in [0.25, 0.3) is 5.91 Å². The molecule has 13 heteroatoms. The Bertz CT molecular complexity index is 1720. The minimum absolute atomic E-state index is 0.00642. The molecule has 4 rings (SSSR count). The van der Waals surface area contributed by atoms with Crippen LogP contribution in [-0.4, -0.2) is 46.1 Å². The van der Waals surface area contributed by atoms with Crippen LogP contribution in [0.1, 0.15) is 46.2 Å². The van der Waals surface area contributed by atoms with Crippen molar-refractivity contribution in [2.75, 3.05) is 11.4 Å². The molecule has 1 aromatic heterocycles. The number of ether oxygens (including phenoxy) is 1. The maximum atomic E-state index is 13.8. The Morgan fingerprint density at radius 2 is 1.54 bits per heavy atom. The number of carbonyl (C=O) groups excluding carboxylic acids is 3. The lowest BCUT2D eigenvalue weighted by atomic mass is 10.0. The van der Waals surface area contributed by atoms with E-state index in [4.69, 9.17) is 55.7 Å². The van der Waals surface area contributed by atoms with Crippen molar-refractivity contribution in [1.29, 1.82) is 0 Å². The highest BCUT2D eigenvalue weighted by Gasteiger charge is 2.31. The maximum Gasteiger partial charge on any atom is 0.408 e. The van der Waals surface area contributed by atoms with Crippen molar-refractivity contribution in [2.24, 2.45) is 5.92 Å². The highest BCUT2D eigenvalue weighted by molar-refractivity contribution is 6.54. The third kappa shape index (κ3) is 9.66. The number of nitrogens with zero attached hydrogens (tertiary/aromatic N) is 2. The monoisotopic (exact) mass is 732 g/mol. The zero-order chi connectivity index (χ0) is 35.2. The average Bonchev–Trinajstić information content (AvgIpc) is 3.50. The highest BCUT2D eigenvalue weighted by atomic mass is 35.5. The number of hydrogen-bond donors (Lipinski definition) is 2. The van der Waals surface area contributed by atoms with Crippen molar-refractivity contribution in [3.8, 4) is 22.6 Å². The number of alkyl halides is 2. The van der Waals surface area contributed by atoms with E-state index < -0.39 is 40.4 Å². The molecule has 0 aliphatic rings. The highest BCUT2D eigenvalue weighted by Crippen LogP contribution is 2.36. The average molecular weight is 735 g/mol. The fourth-order valence-corrected chi connectivity index (χ4v) is 5.62. The van der Waals surface area contributed by atoms with Crippen LogP contribution in [0.5, 0.6) is 0 Å². The Hall–Kier alpha value is -3.76. The zero-order valence-corrected chi connectivity index (χ0v) is 30.0. The number of carbonyl (C=O) groups is 3. The predicted octanol–water partition coefficient (Wildman–Crippen LogP) is 8.86. The molecule has 0 spiro atoms. The first-order chi connectivity index (χ1) is 22.6. The van der Waals surface area contributed by atoms with E-state index in [2.05, 4.69) is 15.8 Å². The molecule has 9 nitrogen and oxygen atoms in total. The van der Waals surface area contributed by atoms with Gasteiger partial charge in [-0.05, 0) is 56.5 Å². The van der Waals surface area contributed by atoms with Crippen LogP contribution in [0.15, 0.2) is 83.4 Å². The fraction of sp³-hybridized carbons (Fsp3) is 0.314. The van der Waals surface area contributed by atoms with Crippen molar-refractivity contribution in [1.82, 2.24) is 15.8 Å². The summed E-state index contributed by atoms with van der Waals surface area (Å²) in [7, 11) is 0. The van der Waals surface area contributed by atoms with Crippen LogP contribution in [0.3, 0.4) is 0 Å². The summed E-state index contributed by atoms with van der Waals surface area (Å²) in [6.07, 6.45) is -0.749. The summed E-state index contributed by atoms with van der Waals surface area (Å²) >= 11 is 25.0. The molecule has 2 N–H and O–H groups in total. The van der Waals surface area contributed by atoms with Gasteiger partial charge in [0.1, 0.15) is 17.3 Å². The molecule has 0 saturated heterocycles. The van der Waals surface area contributed by atoms with E-state index in [9.17, 15) is 14.4 Å². The first kappa shape index (κ1) is 37.1. The van der Waals surface area contributed by atoms with Gasteiger partial charge in [0.2, 0.25) is 5.91 Å². The Labute approximate surface area is 299 Å². The number of nitrogens with one attached hydrogen (secondary N) is 2. The number of aromatic nitrogens is 1. The number of alkyl carbamates (subject to hydrolysis) is 1. The van der Waals surface area contributed by atoms with Crippen LogP contribution in [-0.2, 0) is 14.3 Å². The first-order valence-electron chi connectivity index (χ1n) is 15.1. The van der Waals surface area contributed by atoms with Gasteiger partial charge in [0.15, 0.2) is 10.6 Å². The molecule has 0 saturated carbocycles. The van der Waals surface area contributed by atoms with Crippen LogP contribution in [0.4, 0.5) is 10.5 Å². The standard InChI is InChI=1S/C35H36Cl4N4O5/c1-20(2)27(40-32(44)30(21-11-7-6-8-12-21)41-34(46)47-35(3,4)5)19-43(33(45)31(38)39)23-14-9-13-22(17-23)28-18-26(42-48-28)29-24(36)15-10-16-25(29)37/h6-18,20,27,30-31H,19H2,1-5H3,(H,40,44)(H,41,46)/t27-,30+/m1/s1. The second-order valence-corrected chi connectivity index (χ2v) is 14.2. The van der Waals surface area contributed by atoms with Gasteiger partial charge >= 0.3 is 6.09 Å². The molecule has 0 aliphatic heterocycles. The smallest absolute Gasteiger partial charge is 0.408 e. The van der Waals surface area contributed by atoms with Gasteiger partial charge in [-0.25, -0.2) is 4.79 Å². The molecular weight excluding hydrogens is 698 g/mol. The molecule has 3 aromatic carbocycles. The van der Waals surface area contributed by atoms with Crippen LogP contribution >= 0.6 is 46.4 Å². The van der Waals surface area contributed by atoms with Crippen molar-refractivity contribution in [2.45, 2.75) is 57.1 Å². The topological polar surface area (TPSA) is 114 Å². The van der Waals surface area contributed by atoms with E-state index in [1.807, 2.05) is 13.8 Å². The summed E-state index contributed by atoms with van der Waals surface area (Å²) < 4.78 is 11.1. The number of amides is 3. The van der Waals surface area contributed by atoms with Crippen LogP contribution < -0.4 is 15.5 Å². The lowest BCUT2D eigenvalue weighted by Crippen LogP contribution is -2.52. The second kappa shape index (κ2) is 16.1. The van der Waals surface area contributed by atoms with Crippen LogP contribution in [0.2, 0.25) is 10.0 Å². The molecule has 2 atom stereocenters. The van der Waals surface area contributed by atoms with Crippen LogP contribution in [0, 0.1) is 5.92 Å². The summed E-state index contributed by atoms with van der Waals surface area (Å²) in [6.45, 7) is 9.00. The molecule has 0 radical (unpaired) electrons. The number of anilines is 1. The van der Waals surface area contributed by atoms with Gasteiger partial charge in [-0.3, -0.25) is 9.59 Å². The quantitative estimate of drug-likeness (QED) is 0.149. The minimum Gasteiger partial charge on any atom is -0.444 e. The van der Waals surface area contributed by atoms with E-state index >= 15 is 0 Å². The fourth-order valence-electron chi connectivity index (χ4n) is 4.80. The third-order valence-electron chi connectivity index (χ3n) is 7.19. The molecule has 1 heterocycles. The maximum absolute atomic E-state index is 13.8. The van der Waals surface area contributed by atoms with Crippen molar-refractivity contribution >= 4 is 70.0 Å². The molecule has 0 unspecified atom stereocenters. The largest absolute Gasteiger partial charge is 0.444 e. The molecule has 48 heavy (non-hydrogen) atoms. The molecule has 0 aliphatic carbocycles.